The van der Waals surface area contributed by atoms with Gasteiger partial charge in [-0.15, -0.1) is 11.3 Å². The molecule has 3 aromatic rings. The molecule has 1 aliphatic rings. The Balaban J connectivity index is 1.41. The van der Waals surface area contributed by atoms with Gasteiger partial charge in [-0.1, -0.05) is 42.1 Å². The average molecular weight is 384 g/mol. The molecule has 0 saturated carbocycles. The summed E-state index contributed by atoms with van der Waals surface area (Å²) in [5, 5.41) is 4.99. The van der Waals surface area contributed by atoms with Crippen molar-refractivity contribution in [2.24, 2.45) is 0 Å². The lowest BCUT2D eigenvalue weighted by Gasteiger charge is -2.12. The van der Waals surface area contributed by atoms with Crippen molar-refractivity contribution in [2.75, 3.05) is 6.54 Å². The molecular weight excluding hydrogens is 362 g/mol. The van der Waals surface area contributed by atoms with Gasteiger partial charge in [0.1, 0.15) is 16.2 Å². The molecule has 1 N–H and O–H groups in total. The van der Waals surface area contributed by atoms with Crippen molar-refractivity contribution in [2.45, 2.75) is 42.9 Å². The standard InChI is InChI=1S/C20H21N3OS2/c1-13(18(24)21-11-10-14-6-3-2-4-7-14)25-19-17-15-8-5-9-16(15)26-20(17)23-12-22-19/h2-4,6-7,12-13H,5,8-11H2,1H3,(H,21,24)/t13-/m0/s1. The number of amides is 1. The second kappa shape index (κ2) is 7.76. The first-order valence-corrected chi connectivity index (χ1v) is 10.7. The molecule has 134 valence electrons. The predicted molar refractivity (Wildman–Crippen MR) is 108 cm³/mol. The highest BCUT2D eigenvalue weighted by Gasteiger charge is 2.23. The molecule has 1 atom stereocenters. The van der Waals surface area contributed by atoms with Crippen molar-refractivity contribution in [3.05, 3.63) is 52.7 Å². The number of nitrogens with one attached hydrogen (secondary N) is 1. The van der Waals surface area contributed by atoms with Crippen LogP contribution >= 0.6 is 23.1 Å². The van der Waals surface area contributed by atoms with Gasteiger partial charge in [0.2, 0.25) is 5.91 Å². The van der Waals surface area contributed by atoms with E-state index in [1.807, 2.05) is 25.1 Å². The van der Waals surface area contributed by atoms with E-state index in [1.54, 1.807) is 29.4 Å². The van der Waals surface area contributed by atoms with Crippen molar-refractivity contribution in [3.63, 3.8) is 0 Å². The van der Waals surface area contributed by atoms with Crippen molar-refractivity contribution in [1.82, 2.24) is 15.3 Å². The molecule has 1 aromatic carbocycles. The summed E-state index contributed by atoms with van der Waals surface area (Å²) < 4.78 is 0. The molecule has 26 heavy (non-hydrogen) atoms. The Hall–Kier alpha value is -1.92. The molecule has 6 heteroatoms. The van der Waals surface area contributed by atoms with Crippen LogP contribution in [0, 0.1) is 0 Å². The van der Waals surface area contributed by atoms with Crippen molar-refractivity contribution < 1.29 is 4.79 Å². The van der Waals surface area contributed by atoms with Crippen LogP contribution in [0.25, 0.3) is 10.2 Å². The molecular formula is C20H21N3OS2. The lowest BCUT2D eigenvalue weighted by molar-refractivity contribution is -0.120. The summed E-state index contributed by atoms with van der Waals surface area (Å²) in [6, 6.07) is 10.2. The van der Waals surface area contributed by atoms with Crippen molar-refractivity contribution in [3.8, 4) is 0 Å². The van der Waals surface area contributed by atoms with Gasteiger partial charge in [0, 0.05) is 16.8 Å². The summed E-state index contributed by atoms with van der Waals surface area (Å²) in [6.07, 6.45) is 5.94. The number of carbonyl (C=O) groups excluding carboxylic acids is 1. The minimum Gasteiger partial charge on any atom is -0.355 e. The van der Waals surface area contributed by atoms with Gasteiger partial charge in [-0.05, 0) is 43.7 Å². The number of rotatable bonds is 6. The highest BCUT2D eigenvalue weighted by Crippen LogP contribution is 2.40. The zero-order chi connectivity index (χ0) is 17.9. The Morgan fingerprint density at radius 1 is 1.27 bits per heavy atom. The average Bonchev–Trinajstić information content (AvgIpc) is 3.23. The van der Waals surface area contributed by atoms with Gasteiger partial charge in [0.05, 0.1) is 5.25 Å². The molecule has 2 aromatic heterocycles. The number of carbonyl (C=O) groups is 1. The highest BCUT2D eigenvalue weighted by atomic mass is 32.2. The molecule has 2 heterocycles. The zero-order valence-corrected chi connectivity index (χ0v) is 16.3. The van der Waals surface area contributed by atoms with Gasteiger partial charge in [0.15, 0.2) is 0 Å². The number of aryl methyl sites for hydroxylation is 2. The largest absolute Gasteiger partial charge is 0.355 e. The predicted octanol–water partition coefficient (Wildman–Crippen LogP) is 4.02. The van der Waals surface area contributed by atoms with E-state index in [1.165, 1.54) is 27.8 Å². The molecule has 1 amide bonds. The van der Waals surface area contributed by atoms with Crippen LogP contribution in [0.3, 0.4) is 0 Å². The number of nitrogens with zero attached hydrogens (tertiary/aromatic N) is 2. The quantitative estimate of drug-likeness (QED) is 0.516. The third-order valence-corrected chi connectivity index (χ3v) is 6.98. The van der Waals surface area contributed by atoms with Gasteiger partial charge >= 0.3 is 0 Å². The fourth-order valence-electron chi connectivity index (χ4n) is 3.33. The molecule has 0 bridgehead atoms. The fraction of sp³-hybridized carbons (Fsp3) is 0.350. The van der Waals surface area contributed by atoms with Crippen LogP contribution in [0.5, 0.6) is 0 Å². The summed E-state index contributed by atoms with van der Waals surface area (Å²) in [5.74, 6) is 0.0598. The number of thiophene rings is 1. The topological polar surface area (TPSA) is 54.9 Å². The molecule has 0 aliphatic heterocycles. The highest BCUT2D eigenvalue weighted by molar-refractivity contribution is 8.00. The van der Waals surface area contributed by atoms with E-state index in [0.717, 1.165) is 29.1 Å². The minimum absolute atomic E-state index is 0.0598. The number of aromatic nitrogens is 2. The van der Waals surface area contributed by atoms with Gasteiger partial charge in [-0.25, -0.2) is 9.97 Å². The summed E-state index contributed by atoms with van der Waals surface area (Å²) >= 11 is 3.32. The zero-order valence-electron chi connectivity index (χ0n) is 14.7. The number of hydrogen-bond acceptors (Lipinski definition) is 5. The third kappa shape index (κ3) is 3.62. The van der Waals surface area contributed by atoms with E-state index in [2.05, 4.69) is 27.4 Å². The lowest BCUT2D eigenvalue weighted by Crippen LogP contribution is -2.32. The Kier molecular flexibility index (Phi) is 5.22. The summed E-state index contributed by atoms with van der Waals surface area (Å²) in [5.41, 5.74) is 2.64. The first kappa shape index (κ1) is 17.5. The molecule has 4 rings (SSSR count). The number of hydrogen-bond donors (Lipinski definition) is 1. The van der Waals surface area contributed by atoms with E-state index in [9.17, 15) is 4.79 Å². The van der Waals surface area contributed by atoms with Gasteiger partial charge in [0.25, 0.3) is 0 Å². The Morgan fingerprint density at radius 3 is 2.96 bits per heavy atom. The second-order valence-corrected chi connectivity index (χ2v) is 8.92. The first-order valence-electron chi connectivity index (χ1n) is 8.96. The Bertz CT molecular complexity index is 923. The van der Waals surface area contributed by atoms with Crippen LogP contribution in [0.15, 0.2) is 41.7 Å². The smallest absolute Gasteiger partial charge is 0.233 e. The van der Waals surface area contributed by atoms with E-state index >= 15 is 0 Å². The SMILES string of the molecule is C[C@H](Sc1ncnc2sc3c(c12)CCC3)C(=O)NCCc1ccccc1. The molecule has 0 spiro atoms. The van der Waals surface area contributed by atoms with Crippen LogP contribution in [0.1, 0.15) is 29.3 Å². The number of fused-ring (bicyclic) bond motifs is 3. The number of thioether (sulfide) groups is 1. The third-order valence-electron chi connectivity index (χ3n) is 4.68. The Labute approximate surface area is 161 Å². The molecule has 0 saturated heterocycles. The van der Waals surface area contributed by atoms with Crippen LogP contribution in [0.2, 0.25) is 0 Å². The molecule has 1 aliphatic carbocycles. The van der Waals surface area contributed by atoms with Crippen molar-refractivity contribution >= 4 is 39.2 Å². The lowest BCUT2D eigenvalue weighted by atomic mass is 10.1. The number of benzene rings is 1. The maximum absolute atomic E-state index is 12.5. The van der Waals surface area contributed by atoms with Gasteiger partial charge < -0.3 is 5.32 Å². The van der Waals surface area contributed by atoms with Crippen LogP contribution in [-0.2, 0) is 24.1 Å². The summed E-state index contributed by atoms with van der Waals surface area (Å²) in [4.78, 5) is 23.9. The van der Waals surface area contributed by atoms with Crippen molar-refractivity contribution in [1.29, 1.82) is 0 Å². The minimum atomic E-state index is -0.180. The van der Waals surface area contributed by atoms with Crippen LogP contribution in [-0.4, -0.2) is 27.7 Å². The van der Waals surface area contributed by atoms with Gasteiger partial charge in [-0.2, -0.15) is 0 Å². The molecule has 0 radical (unpaired) electrons. The van der Waals surface area contributed by atoms with E-state index < -0.39 is 0 Å². The molecule has 0 unspecified atom stereocenters. The summed E-state index contributed by atoms with van der Waals surface area (Å²) in [6.45, 7) is 2.60. The van der Waals surface area contributed by atoms with E-state index in [4.69, 9.17) is 0 Å². The molecule has 4 nitrogen and oxygen atoms in total. The second-order valence-electron chi connectivity index (χ2n) is 6.50. The Morgan fingerprint density at radius 2 is 2.12 bits per heavy atom. The van der Waals surface area contributed by atoms with Gasteiger partial charge in [-0.3, -0.25) is 4.79 Å². The van der Waals surface area contributed by atoms with E-state index in [0.29, 0.717) is 6.54 Å². The normalized spacial score (nSPS) is 14.3. The van der Waals surface area contributed by atoms with E-state index in [-0.39, 0.29) is 11.2 Å². The maximum Gasteiger partial charge on any atom is 0.233 e. The van der Waals surface area contributed by atoms with Crippen LogP contribution < -0.4 is 5.32 Å². The maximum atomic E-state index is 12.5. The van der Waals surface area contributed by atoms with Crippen LogP contribution in [0.4, 0.5) is 0 Å². The molecule has 0 fully saturated rings. The fourth-order valence-corrected chi connectivity index (χ4v) is 5.59. The first-order chi connectivity index (χ1) is 12.7. The summed E-state index contributed by atoms with van der Waals surface area (Å²) in [7, 11) is 0. The monoisotopic (exact) mass is 383 g/mol.